The quantitative estimate of drug-likeness (QED) is 0.492. The Morgan fingerprint density at radius 2 is 1.81 bits per heavy atom. The second-order valence-electron chi connectivity index (χ2n) is 12.3. The van der Waals surface area contributed by atoms with Gasteiger partial charge in [-0.05, 0) is 89.0 Å². The van der Waals surface area contributed by atoms with E-state index in [1.165, 1.54) is 12.8 Å². The molecule has 1 spiro atoms. The van der Waals surface area contributed by atoms with Crippen LogP contribution in [0.1, 0.15) is 108 Å². The highest BCUT2D eigenvalue weighted by molar-refractivity contribution is 5.69. The molecule has 6 heteroatoms. The Morgan fingerprint density at radius 3 is 2.51 bits per heavy atom. The van der Waals surface area contributed by atoms with Crippen LogP contribution in [0.2, 0.25) is 0 Å². The molecule has 3 aliphatic rings. The van der Waals surface area contributed by atoms with Gasteiger partial charge in [-0.1, -0.05) is 43.2 Å². The number of carbonyl (C=O) groups excluding carboxylic acids is 1. The summed E-state index contributed by atoms with van der Waals surface area (Å²) in [5.41, 5.74) is 2.23. The molecule has 1 aromatic heterocycles. The zero-order valence-electron chi connectivity index (χ0n) is 22.6. The average molecular weight is 507 g/mol. The summed E-state index contributed by atoms with van der Waals surface area (Å²) in [6, 6.07) is 14.1. The van der Waals surface area contributed by atoms with E-state index in [9.17, 15) is 9.90 Å². The maximum Gasteiger partial charge on any atom is 0.410 e. The molecule has 2 heterocycles. The van der Waals surface area contributed by atoms with Gasteiger partial charge in [-0.2, -0.15) is 0 Å². The molecular weight excluding hydrogens is 464 g/mol. The van der Waals surface area contributed by atoms with E-state index in [-0.39, 0.29) is 23.2 Å². The minimum absolute atomic E-state index is 0.0753. The van der Waals surface area contributed by atoms with Crippen molar-refractivity contribution in [2.45, 2.75) is 107 Å². The summed E-state index contributed by atoms with van der Waals surface area (Å²) in [6.07, 6.45) is 9.71. The van der Waals surface area contributed by atoms with Crippen molar-refractivity contribution in [3.8, 4) is 0 Å². The van der Waals surface area contributed by atoms with Crippen LogP contribution in [0.4, 0.5) is 4.79 Å². The van der Waals surface area contributed by atoms with E-state index in [2.05, 4.69) is 18.2 Å². The van der Waals surface area contributed by atoms with Gasteiger partial charge in [0.15, 0.2) is 0 Å². The van der Waals surface area contributed by atoms with E-state index in [1.54, 1.807) is 0 Å². The number of carbonyl (C=O) groups is 1. The number of hydrogen-bond acceptors (Lipinski definition) is 5. The Kier molecular flexibility index (Phi) is 7.34. The molecule has 3 atom stereocenters. The van der Waals surface area contributed by atoms with Crippen molar-refractivity contribution in [1.29, 1.82) is 0 Å². The first-order valence-corrected chi connectivity index (χ1v) is 14.0. The van der Waals surface area contributed by atoms with Gasteiger partial charge in [0, 0.05) is 30.5 Å². The second-order valence-corrected chi connectivity index (χ2v) is 12.3. The first-order chi connectivity index (χ1) is 17.7. The van der Waals surface area contributed by atoms with Crippen molar-refractivity contribution in [1.82, 2.24) is 9.88 Å². The van der Waals surface area contributed by atoms with Gasteiger partial charge in [0.05, 0.1) is 17.7 Å². The van der Waals surface area contributed by atoms with Crippen LogP contribution in [0.15, 0.2) is 48.7 Å². The standard InChI is InChI=1S/C31H42N2O4/c1-29(2,3)37-28(35)33(25-13-14-26(34)24-11-5-4-10-23(24)25)20-17-30(27-12-6-9-19-32-27)18-21-36-31(22-30)15-7-8-16-31/h4-6,9-12,19,25-26,34H,7-8,13-18,20-22H2,1-3H3/t25-,26-,30+/m0/s1. The summed E-state index contributed by atoms with van der Waals surface area (Å²) >= 11 is 0. The van der Waals surface area contributed by atoms with E-state index < -0.39 is 11.7 Å². The number of aromatic nitrogens is 1. The summed E-state index contributed by atoms with van der Waals surface area (Å²) < 4.78 is 12.4. The van der Waals surface area contributed by atoms with Gasteiger partial charge in [0.1, 0.15) is 5.60 Å². The Balaban J connectivity index is 1.48. The van der Waals surface area contributed by atoms with Crippen LogP contribution in [0.5, 0.6) is 0 Å². The SMILES string of the molecule is CC(C)(C)OC(=O)N(CC[C@@]1(c2ccccn2)CCOC2(CCCC2)C1)[C@H]1CC[C@H](O)c2ccccc21. The van der Waals surface area contributed by atoms with Crippen LogP contribution >= 0.6 is 0 Å². The molecule has 200 valence electrons. The molecule has 1 saturated heterocycles. The van der Waals surface area contributed by atoms with Crippen molar-refractivity contribution in [2.75, 3.05) is 13.2 Å². The third-order valence-corrected chi connectivity index (χ3v) is 8.64. The number of aliphatic hydroxyl groups is 1. The number of aliphatic hydroxyl groups excluding tert-OH is 1. The Bertz CT molecular complexity index is 1080. The van der Waals surface area contributed by atoms with Crippen molar-refractivity contribution in [2.24, 2.45) is 0 Å². The molecular formula is C31H42N2O4. The van der Waals surface area contributed by atoms with Crippen LogP contribution in [0, 0.1) is 0 Å². The van der Waals surface area contributed by atoms with E-state index in [1.807, 2.05) is 56.1 Å². The van der Waals surface area contributed by atoms with Crippen LogP contribution in [-0.2, 0) is 14.9 Å². The van der Waals surface area contributed by atoms with Gasteiger partial charge in [-0.15, -0.1) is 0 Å². The smallest absolute Gasteiger partial charge is 0.410 e. The Morgan fingerprint density at radius 1 is 1.08 bits per heavy atom. The molecule has 1 aromatic carbocycles. The van der Waals surface area contributed by atoms with Gasteiger partial charge in [0.2, 0.25) is 0 Å². The number of hydrogen-bond donors (Lipinski definition) is 1. The van der Waals surface area contributed by atoms with Crippen LogP contribution in [-0.4, -0.2) is 45.4 Å². The van der Waals surface area contributed by atoms with Gasteiger partial charge in [-0.25, -0.2) is 4.79 Å². The number of ether oxygens (including phenoxy) is 2. The van der Waals surface area contributed by atoms with Crippen LogP contribution < -0.4 is 0 Å². The molecule has 37 heavy (non-hydrogen) atoms. The molecule has 6 nitrogen and oxygen atoms in total. The Hall–Kier alpha value is -2.44. The second kappa shape index (κ2) is 10.4. The zero-order valence-corrected chi connectivity index (χ0v) is 22.6. The van der Waals surface area contributed by atoms with Crippen LogP contribution in [0.25, 0.3) is 0 Å². The number of nitrogens with zero attached hydrogens (tertiary/aromatic N) is 2. The molecule has 2 aliphatic carbocycles. The van der Waals surface area contributed by atoms with Crippen LogP contribution in [0.3, 0.4) is 0 Å². The lowest BCUT2D eigenvalue weighted by atomic mass is 9.67. The molecule has 0 radical (unpaired) electrons. The minimum atomic E-state index is -0.589. The number of pyridine rings is 1. The zero-order chi connectivity index (χ0) is 26.1. The largest absolute Gasteiger partial charge is 0.444 e. The molecule has 1 aliphatic heterocycles. The fraction of sp³-hybridized carbons (Fsp3) is 0.613. The van der Waals surface area contributed by atoms with Gasteiger partial charge in [0.25, 0.3) is 0 Å². The molecule has 0 unspecified atom stereocenters. The summed E-state index contributed by atoms with van der Waals surface area (Å²) in [4.78, 5) is 20.5. The highest BCUT2D eigenvalue weighted by atomic mass is 16.6. The average Bonchev–Trinajstić information content (AvgIpc) is 3.32. The topological polar surface area (TPSA) is 71.9 Å². The van der Waals surface area contributed by atoms with Crippen molar-refractivity contribution in [3.63, 3.8) is 0 Å². The molecule has 5 rings (SSSR count). The Labute approximate surface area is 221 Å². The third kappa shape index (κ3) is 5.56. The predicted molar refractivity (Wildman–Crippen MR) is 143 cm³/mol. The first-order valence-electron chi connectivity index (χ1n) is 14.0. The molecule has 1 N–H and O–H groups in total. The van der Waals surface area contributed by atoms with E-state index in [4.69, 9.17) is 14.5 Å². The van der Waals surface area contributed by atoms with E-state index in [0.29, 0.717) is 19.4 Å². The third-order valence-electron chi connectivity index (χ3n) is 8.64. The lowest BCUT2D eigenvalue weighted by Crippen LogP contribution is -2.49. The number of fused-ring (bicyclic) bond motifs is 1. The normalized spacial score (nSPS) is 27.0. The summed E-state index contributed by atoms with van der Waals surface area (Å²) in [5.74, 6) is 0. The molecule has 1 saturated carbocycles. The lowest BCUT2D eigenvalue weighted by Gasteiger charge is -2.47. The van der Waals surface area contributed by atoms with Crippen molar-refractivity contribution in [3.05, 3.63) is 65.5 Å². The highest BCUT2D eigenvalue weighted by Crippen LogP contribution is 2.50. The number of amides is 1. The van der Waals surface area contributed by atoms with Gasteiger partial charge >= 0.3 is 6.09 Å². The van der Waals surface area contributed by atoms with E-state index in [0.717, 1.165) is 55.5 Å². The maximum absolute atomic E-state index is 13.7. The lowest BCUT2D eigenvalue weighted by molar-refractivity contribution is -0.105. The molecule has 0 bridgehead atoms. The molecule has 1 amide bonds. The fourth-order valence-corrected chi connectivity index (χ4v) is 6.89. The predicted octanol–water partition coefficient (Wildman–Crippen LogP) is 6.64. The van der Waals surface area contributed by atoms with Gasteiger partial charge < -0.3 is 19.5 Å². The summed E-state index contributed by atoms with van der Waals surface area (Å²) in [5, 5.41) is 10.7. The van der Waals surface area contributed by atoms with Gasteiger partial charge in [-0.3, -0.25) is 4.98 Å². The monoisotopic (exact) mass is 506 g/mol. The maximum atomic E-state index is 13.7. The van der Waals surface area contributed by atoms with Crippen molar-refractivity contribution >= 4 is 6.09 Å². The van der Waals surface area contributed by atoms with E-state index >= 15 is 0 Å². The number of rotatable bonds is 5. The summed E-state index contributed by atoms with van der Waals surface area (Å²) in [6.45, 7) is 7.04. The minimum Gasteiger partial charge on any atom is -0.444 e. The number of benzene rings is 1. The molecule has 2 fully saturated rings. The fourth-order valence-electron chi connectivity index (χ4n) is 6.89. The first kappa shape index (κ1) is 26.2. The van der Waals surface area contributed by atoms with Crippen molar-refractivity contribution < 1.29 is 19.4 Å². The summed E-state index contributed by atoms with van der Waals surface area (Å²) in [7, 11) is 0. The molecule has 2 aromatic rings. The highest BCUT2D eigenvalue weighted by Gasteiger charge is 2.49.